The Morgan fingerprint density at radius 2 is 2.12 bits per heavy atom. The number of hydrogen-bond acceptors (Lipinski definition) is 6. The number of rotatable bonds is 6. The predicted octanol–water partition coefficient (Wildman–Crippen LogP) is 1.15. The van der Waals surface area contributed by atoms with Gasteiger partial charge in [-0.15, -0.1) is 0 Å². The summed E-state index contributed by atoms with van der Waals surface area (Å²) < 4.78 is 2.01. The Bertz CT molecular complexity index is 673. The van der Waals surface area contributed by atoms with Gasteiger partial charge in [0.05, 0.1) is 23.8 Å². The van der Waals surface area contributed by atoms with Gasteiger partial charge in [-0.2, -0.15) is 0 Å². The predicted molar refractivity (Wildman–Crippen MR) is 92.9 cm³/mol. The minimum Gasteiger partial charge on any atom is -0.352 e. The van der Waals surface area contributed by atoms with E-state index in [-0.39, 0.29) is 6.04 Å². The van der Waals surface area contributed by atoms with Gasteiger partial charge in [0.2, 0.25) is 5.95 Å². The Morgan fingerprint density at radius 3 is 2.79 bits per heavy atom. The Kier molecular flexibility index (Phi) is 4.44. The summed E-state index contributed by atoms with van der Waals surface area (Å²) in [5.74, 6) is 1.25. The summed E-state index contributed by atoms with van der Waals surface area (Å²) in [6.07, 6.45) is 8.38. The molecule has 2 saturated heterocycles. The molecule has 0 bridgehead atoms. The molecule has 7 heteroatoms. The second-order valence-electron chi connectivity index (χ2n) is 6.76. The second-order valence-corrected chi connectivity index (χ2v) is 6.76. The fraction of sp³-hybridized carbons (Fsp3) is 0.588. The van der Waals surface area contributed by atoms with Crippen LogP contribution in [0.1, 0.15) is 36.2 Å². The maximum atomic E-state index is 4.69. The molecule has 2 aliphatic heterocycles. The molecule has 128 valence electrons. The van der Waals surface area contributed by atoms with E-state index in [1.54, 1.807) is 0 Å². The molecule has 2 N–H and O–H groups in total. The Hall–Kier alpha value is -1.99. The molecule has 7 nitrogen and oxygen atoms in total. The van der Waals surface area contributed by atoms with Crippen LogP contribution in [0.4, 0.5) is 5.95 Å². The van der Waals surface area contributed by atoms with E-state index in [0.717, 1.165) is 50.1 Å². The van der Waals surface area contributed by atoms with Crippen molar-refractivity contribution < 1.29 is 0 Å². The fourth-order valence-electron chi connectivity index (χ4n) is 3.45. The normalized spacial score (nSPS) is 20.0. The van der Waals surface area contributed by atoms with Crippen LogP contribution >= 0.6 is 0 Å². The molecule has 1 atom stereocenters. The maximum absolute atomic E-state index is 4.69. The van der Waals surface area contributed by atoms with Crippen LogP contribution in [0.25, 0.3) is 0 Å². The molecule has 4 heterocycles. The van der Waals surface area contributed by atoms with Crippen LogP contribution in [-0.4, -0.2) is 57.1 Å². The van der Waals surface area contributed by atoms with E-state index >= 15 is 0 Å². The number of imidazole rings is 1. The van der Waals surface area contributed by atoms with Crippen molar-refractivity contribution >= 4 is 5.95 Å². The first-order valence-electron chi connectivity index (χ1n) is 8.79. The highest BCUT2D eigenvalue weighted by Crippen LogP contribution is 2.24. The molecule has 24 heavy (non-hydrogen) atoms. The zero-order valence-electron chi connectivity index (χ0n) is 14.1. The second kappa shape index (κ2) is 6.86. The number of anilines is 1. The molecule has 2 aromatic rings. The van der Waals surface area contributed by atoms with Crippen molar-refractivity contribution in [2.45, 2.75) is 24.8 Å². The number of nitrogens with zero attached hydrogens (tertiary/aromatic N) is 5. The SMILES string of the molecule is Cn1cnc(C(CNc2nccc(C3CNC3)n2)N2CCCC2)c1. The lowest BCUT2D eigenvalue weighted by Crippen LogP contribution is -2.40. The van der Waals surface area contributed by atoms with Gasteiger partial charge in [-0.05, 0) is 32.0 Å². The van der Waals surface area contributed by atoms with E-state index in [0.29, 0.717) is 5.92 Å². The van der Waals surface area contributed by atoms with Crippen molar-refractivity contribution in [3.8, 4) is 0 Å². The highest BCUT2D eigenvalue weighted by atomic mass is 15.2. The van der Waals surface area contributed by atoms with E-state index in [9.17, 15) is 0 Å². The summed E-state index contributed by atoms with van der Waals surface area (Å²) in [5.41, 5.74) is 2.24. The van der Waals surface area contributed by atoms with Gasteiger partial charge in [0.15, 0.2) is 0 Å². The van der Waals surface area contributed by atoms with Crippen LogP contribution in [0.5, 0.6) is 0 Å². The smallest absolute Gasteiger partial charge is 0.222 e. The van der Waals surface area contributed by atoms with Gasteiger partial charge in [-0.25, -0.2) is 15.0 Å². The van der Waals surface area contributed by atoms with Crippen LogP contribution in [0.15, 0.2) is 24.8 Å². The molecule has 0 radical (unpaired) electrons. The summed E-state index contributed by atoms with van der Waals surface area (Å²) in [7, 11) is 2.02. The highest BCUT2D eigenvalue weighted by molar-refractivity contribution is 5.28. The molecule has 2 fully saturated rings. The molecule has 1 unspecified atom stereocenters. The van der Waals surface area contributed by atoms with E-state index in [1.807, 2.05) is 30.2 Å². The molecule has 4 rings (SSSR count). The Labute approximate surface area is 142 Å². The average molecular weight is 327 g/mol. The minimum atomic E-state index is 0.270. The van der Waals surface area contributed by atoms with Gasteiger partial charge in [-0.1, -0.05) is 0 Å². The first-order chi connectivity index (χ1) is 11.8. The standard InChI is InChI=1S/C17H25N7/c1-23-11-15(21-12-23)16(24-6-2-3-7-24)10-20-17-19-5-4-14(22-17)13-8-18-9-13/h4-5,11-13,16,18H,2-3,6-10H2,1H3,(H,19,20,22). The summed E-state index contributed by atoms with van der Waals surface area (Å²) >= 11 is 0. The third-order valence-corrected chi connectivity index (χ3v) is 4.98. The summed E-state index contributed by atoms with van der Waals surface area (Å²) in [6.45, 7) is 5.08. The number of hydrogen-bond donors (Lipinski definition) is 2. The molecular formula is C17H25N7. The van der Waals surface area contributed by atoms with Crippen LogP contribution in [-0.2, 0) is 7.05 Å². The van der Waals surface area contributed by atoms with Crippen LogP contribution in [0.3, 0.4) is 0 Å². The van der Waals surface area contributed by atoms with Crippen molar-refractivity contribution in [3.05, 3.63) is 36.2 Å². The van der Waals surface area contributed by atoms with Crippen LogP contribution in [0, 0.1) is 0 Å². The van der Waals surface area contributed by atoms with Crippen molar-refractivity contribution in [1.29, 1.82) is 0 Å². The Balaban J connectivity index is 1.46. The molecule has 0 saturated carbocycles. The van der Waals surface area contributed by atoms with Crippen molar-refractivity contribution in [1.82, 2.24) is 29.7 Å². The lowest BCUT2D eigenvalue weighted by molar-refractivity contribution is 0.251. The average Bonchev–Trinajstić information content (AvgIpc) is 3.19. The molecule has 0 aromatic carbocycles. The monoisotopic (exact) mass is 327 g/mol. The lowest BCUT2D eigenvalue weighted by Gasteiger charge is -2.27. The lowest BCUT2D eigenvalue weighted by atomic mass is 9.99. The van der Waals surface area contributed by atoms with Gasteiger partial charge in [0.1, 0.15) is 0 Å². The molecule has 0 spiro atoms. The van der Waals surface area contributed by atoms with Crippen molar-refractivity contribution in [3.63, 3.8) is 0 Å². The first kappa shape index (κ1) is 15.5. The third-order valence-electron chi connectivity index (χ3n) is 4.98. The zero-order valence-corrected chi connectivity index (χ0v) is 14.1. The fourth-order valence-corrected chi connectivity index (χ4v) is 3.45. The minimum absolute atomic E-state index is 0.270. The van der Waals surface area contributed by atoms with Gasteiger partial charge in [0.25, 0.3) is 0 Å². The summed E-state index contributed by atoms with van der Waals surface area (Å²) in [6, 6.07) is 2.29. The van der Waals surface area contributed by atoms with Gasteiger partial charge >= 0.3 is 0 Å². The van der Waals surface area contributed by atoms with Crippen LogP contribution in [0.2, 0.25) is 0 Å². The van der Waals surface area contributed by atoms with E-state index in [4.69, 9.17) is 0 Å². The van der Waals surface area contributed by atoms with E-state index in [2.05, 4.69) is 36.7 Å². The maximum Gasteiger partial charge on any atom is 0.222 e. The van der Waals surface area contributed by atoms with Crippen LogP contribution < -0.4 is 10.6 Å². The molecule has 0 amide bonds. The number of nitrogens with one attached hydrogen (secondary N) is 2. The third kappa shape index (κ3) is 3.27. The highest BCUT2D eigenvalue weighted by Gasteiger charge is 2.26. The van der Waals surface area contributed by atoms with E-state index < -0.39 is 0 Å². The zero-order chi connectivity index (χ0) is 16.4. The van der Waals surface area contributed by atoms with Gasteiger partial charge < -0.3 is 15.2 Å². The first-order valence-corrected chi connectivity index (χ1v) is 8.79. The van der Waals surface area contributed by atoms with Crippen molar-refractivity contribution in [2.75, 3.05) is 38.0 Å². The topological polar surface area (TPSA) is 70.9 Å². The molecular weight excluding hydrogens is 302 g/mol. The van der Waals surface area contributed by atoms with Crippen molar-refractivity contribution in [2.24, 2.45) is 7.05 Å². The summed E-state index contributed by atoms with van der Waals surface area (Å²) in [5, 5.41) is 6.73. The quantitative estimate of drug-likeness (QED) is 0.829. The van der Waals surface area contributed by atoms with Gasteiger partial charge in [-0.3, -0.25) is 4.90 Å². The van der Waals surface area contributed by atoms with Gasteiger partial charge in [0, 0.05) is 45.0 Å². The number of likely N-dealkylation sites (tertiary alicyclic amines) is 1. The molecule has 0 aliphatic carbocycles. The largest absolute Gasteiger partial charge is 0.352 e. The summed E-state index contributed by atoms with van der Waals surface area (Å²) in [4.78, 5) is 16.2. The number of aromatic nitrogens is 4. The number of aryl methyl sites for hydroxylation is 1. The Morgan fingerprint density at radius 1 is 1.29 bits per heavy atom. The molecule has 2 aliphatic rings. The van der Waals surface area contributed by atoms with E-state index in [1.165, 1.54) is 12.8 Å². The molecule has 2 aromatic heterocycles.